The second-order valence-corrected chi connectivity index (χ2v) is 9.53. The zero-order chi connectivity index (χ0) is 25.1. The van der Waals surface area contributed by atoms with Crippen molar-refractivity contribution in [1.29, 1.82) is 0 Å². The molecule has 1 atom stereocenters. The SMILES string of the molecule is Cc1ccccc1CN(C(=O)CCCN1C(=O)c2cccc3cccc1c23)[C@H](C)C(=O)NC(C)C. The van der Waals surface area contributed by atoms with Crippen LogP contribution in [0.1, 0.15) is 55.1 Å². The zero-order valence-electron chi connectivity index (χ0n) is 20.9. The smallest absolute Gasteiger partial charge is 0.258 e. The summed E-state index contributed by atoms with van der Waals surface area (Å²) in [4.78, 5) is 42.6. The van der Waals surface area contributed by atoms with Crippen molar-refractivity contribution in [2.75, 3.05) is 11.4 Å². The van der Waals surface area contributed by atoms with E-state index < -0.39 is 6.04 Å². The van der Waals surface area contributed by atoms with Crippen LogP contribution in [0.3, 0.4) is 0 Å². The summed E-state index contributed by atoms with van der Waals surface area (Å²) in [7, 11) is 0. The molecule has 0 saturated heterocycles. The second-order valence-electron chi connectivity index (χ2n) is 9.53. The van der Waals surface area contributed by atoms with Gasteiger partial charge in [-0.05, 0) is 62.8 Å². The first-order valence-corrected chi connectivity index (χ1v) is 12.3. The molecule has 3 aromatic carbocycles. The van der Waals surface area contributed by atoms with E-state index in [0.717, 1.165) is 27.6 Å². The number of hydrogen-bond acceptors (Lipinski definition) is 3. The fourth-order valence-corrected chi connectivity index (χ4v) is 4.69. The van der Waals surface area contributed by atoms with E-state index >= 15 is 0 Å². The quantitative estimate of drug-likeness (QED) is 0.486. The molecule has 0 radical (unpaired) electrons. The summed E-state index contributed by atoms with van der Waals surface area (Å²) in [5.41, 5.74) is 3.71. The van der Waals surface area contributed by atoms with Crippen LogP contribution in [-0.4, -0.2) is 41.2 Å². The maximum absolute atomic E-state index is 13.4. The largest absolute Gasteiger partial charge is 0.352 e. The van der Waals surface area contributed by atoms with Gasteiger partial charge in [-0.15, -0.1) is 0 Å². The molecule has 3 aromatic rings. The number of benzene rings is 3. The third-order valence-electron chi connectivity index (χ3n) is 6.62. The number of anilines is 1. The maximum Gasteiger partial charge on any atom is 0.258 e. The molecule has 0 spiro atoms. The van der Waals surface area contributed by atoms with Crippen molar-refractivity contribution in [3.8, 4) is 0 Å². The highest BCUT2D eigenvalue weighted by atomic mass is 16.2. The van der Waals surface area contributed by atoms with Crippen molar-refractivity contribution in [2.24, 2.45) is 0 Å². The summed E-state index contributed by atoms with van der Waals surface area (Å²) in [6.07, 6.45) is 0.763. The van der Waals surface area contributed by atoms with Crippen LogP contribution in [0.2, 0.25) is 0 Å². The molecule has 0 bridgehead atoms. The van der Waals surface area contributed by atoms with Crippen LogP contribution in [0.4, 0.5) is 5.69 Å². The lowest BCUT2D eigenvalue weighted by Gasteiger charge is -2.30. The average Bonchev–Trinajstić information content (AvgIpc) is 3.10. The van der Waals surface area contributed by atoms with E-state index in [4.69, 9.17) is 0 Å². The third-order valence-corrected chi connectivity index (χ3v) is 6.62. The molecule has 3 amide bonds. The van der Waals surface area contributed by atoms with Crippen LogP contribution in [0.25, 0.3) is 10.8 Å². The van der Waals surface area contributed by atoms with Crippen molar-refractivity contribution >= 4 is 34.2 Å². The highest BCUT2D eigenvalue weighted by Crippen LogP contribution is 2.37. The van der Waals surface area contributed by atoms with E-state index in [9.17, 15) is 14.4 Å². The van der Waals surface area contributed by atoms with Gasteiger partial charge in [0.05, 0.1) is 5.69 Å². The Bertz CT molecular complexity index is 1260. The fraction of sp³-hybridized carbons (Fsp3) is 0.345. The van der Waals surface area contributed by atoms with Crippen LogP contribution >= 0.6 is 0 Å². The van der Waals surface area contributed by atoms with Gasteiger partial charge in [0.2, 0.25) is 11.8 Å². The molecule has 4 rings (SSSR count). The van der Waals surface area contributed by atoms with Gasteiger partial charge in [0, 0.05) is 36.5 Å². The van der Waals surface area contributed by atoms with Gasteiger partial charge in [-0.1, -0.05) is 48.5 Å². The molecule has 6 heteroatoms. The first-order chi connectivity index (χ1) is 16.8. The lowest BCUT2D eigenvalue weighted by molar-refractivity contribution is -0.140. The van der Waals surface area contributed by atoms with Gasteiger partial charge in [0.15, 0.2) is 0 Å². The number of carbonyl (C=O) groups is 3. The summed E-state index contributed by atoms with van der Waals surface area (Å²) < 4.78 is 0. The van der Waals surface area contributed by atoms with Crippen molar-refractivity contribution in [2.45, 2.75) is 59.2 Å². The van der Waals surface area contributed by atoms with Gasteiger partial charge in [0.1, 0.15) is 6.04 Å². The fourth-order valence-electron chi connectivity index (χ4n) is 4.69. The number of nitrogens with one attached hydrogen (secondary N) is 1. The standard InChI is InChI=1S/C29H33N3O3/c1-19(2)30-28(34)21(4)32(18-23-11-6-5-10-20(23)3)26(33)16-9-17-31-25-15-8-13-22-12-7-14-24(27(22)25)29(31)35/h5-8,10-15,19,21H,9,16-18H2,1-4H3,(H,30,34)/t21-/m1/s1. The topological polar surface area (TPSA) is 69.7 Å². The second kappa shape index (κ2) is 10.3. The Morgan fingerprint density at radius 3 is 2.40 bits per heavy atom. The zero-order valence-corrected chi connectivity index (χ0v) is 20.9. The predicted octanol–water partition coefficient (Wildman–Crippen LogP) is 4.83. The molecule has 0 unspecified atom stereocenters. The van der Waals surface area contributed by atoms with E-state index in [1.807, 2.05) is 81.4 Å². The minimum Gasteiger partial charge on any atom is -0.352 e. The molecule has 0 aromatic heterocycles. The Kier molecular flexibility index (Phi) is 7.20. The van der Waals surface area contributed by atoms with Gasteiger partial charge in [-0.25, -0.2) is 0 Å². The predicted molar refractivity (Wildman–Crippen MR) is 139 cm³/mol. The minimum atomic E-state index is -0.601. The lowest BCUT2D eigenvalue weighted by Crippen LogP contribution is -2.49. The molecule has 1 N–H and O–H groups in total. The molecule has 0 saturated carbocycles. The van der Waals surface area contributed by atoms with Crippen molar-refractivity contribution < 1.29 is 14.4 Å². The molecule has 182 valence electrons. The minimum absolute atomic E-state index is 0.00844. The Labute approximate surface area is 206 Å². The summed E-state index contributed by atoms with van der Waals surface area (Å²) >= 11 is 0. The van der Waals surface area contributed by atoms with Crippen LogP contribution in [-0.2, 0) is 16.1 Å². The molecule has 0 fully saturated rings. The highest BCUT2D eigenvalue weighted by molar-refractivity contribution is 6.25. The molecule has 1 heterocycles. The summed E-state index contributed by atoms with van der Waals surface area (Å²) in [6, 6.07) is 19.0. The van der Waals surface area contributed by atoms with E-state index in [0.29, 0.717) is 25.1 Å². The Morgan fingerprint density at radius 2 is 1.69 bits per heavy atom. The number of rotatable bonds is 9. The van der Waals surface area contributed by atoms with Gasteiger partial charge in [-0.3, -0.25) is 14.4 Å². The van der Waals surface area contributed by atoms with E-state index in [1.54, 1.807) is 16.7 Å². The van der Waals surface area contributed by atoms with Crippen LogP contribution < -0.4 is 10.2 Å². The van der Waals surface area contributed by atoms with Gasteiger partial charge < -0.3 is 15.1 Å². The van der Waals surface area contributed by atoms with Gasteiger partial charge >= 0.3 is 0 Å². The van der Waals surface area contributed by atoms with Gasteiger partial charge in [0.25, 0.3) is 5.91 Å². The number of carbonyl (C=O) groups excluding carboxylic acids is 3. The summed E-state index contributed by atoms with van der Waals surface area (Å²) in [5, 5.41) is 4.94. The molecular weight excluding hydrogens is 438 g/mol. The number of aryl methyl sites for hydroxylation is 1. The highest BCUT2D eigenvalue weighted by Gasteiger charge is 2.30. The Morgan fingerprint density at radius 1 is 0.971 bits per heavy atom. The molecule has 1 aliphatic heterocycles. The van der Waals surface area contributed by atoms with Gasteiger partial charge in [-0.2, -0.15) is 0 Å². The summed E-state index contributed by atoms with van der Waals surface area (Å²) in [6.45, 7) is 8.41. The molecule has 35 heavy (non-hydrogen) atoms. The Balaban J connectivity index is 1.47. The number of hydrogen-bond donors (Lipinski definition) is 1. The normalized spacial score (nSPS) is 13.4. The van der Waals surface area contributed by atoms with Crippen molar-refractivity contribution in [1.82, 2.24) is 10.2 Å². The van der Waals surface area contributed by atoms with Crippen LogP contribution in [0, 0.1) is 6.92 Å². The van der Waals surface area contributed by atoms with E-state index in [-0.39, 0.29) is 30.2 Å². The Hall–Kier alpha value is -3.67. The average molecular weight is 472 g/mol. The maximum atomic E-state index is 13.4. The third kappa shape index (κ3) is 5.06. The molecule has 0 aliphatic carbocycles. The van der Waals surface area contributed by atoms with Crippen LogP contribution in [0.15, 0.2) is 60.7 Å². The molecule has 1 aliphatic rings. The van der Waals surface area contributed by atoms with Crippen molar-refractivity contribution in [3.63, 3.8) is 0 Å². The van der Waals surface area contributed by atoms with Crippen LogP contribution in [0.5, 0.6) is 0 Å². The van der Waals surface area contributed by atoms with E-state index in [1.165, 1.54) is 0 Å². The monoisotopic (exact) mass is 471 g/mol. The number of amides is 3. The molecule has 6 nitrogen and oxygen atoms in total. The lowest BCUT2D eigenvalue weighted by atomic mass is 10.1. The summed E-state index contributed by atoms with van der Waals surface area (Å²) in [5.74, 6) is -0.286. The molecular formula is C29H33N3O3. The number of nitrogens with zero attached hydrogens (tertiary/aromatic N) is 2. The first kappa shape index (κ1) is 24.5. The first-order valence-electron chi connectivity index (χ1n) is 12.3. The van der Waals surface area contributed by atoms with E-state index in [2.05, 4.69) is 5.32 Å². The van der Waals surface area contributed by atoms with Crippen molar-refractivity contribution in [3.05, 3.63) is 77.4 Å².